The maximum absolute atomic E-state index is 11.3. The maximum Gasteiger partial charge on any atom is 2.00 e. The van der Waals surface area contributed by atoms with Crippen molar-refractivity contribution < 1.29 is 30.9 Å². The van der Waals surface area contributed by atoms with E-state index >= 15 is 0 Å². The van der Waals surface area contributed by atoms with Crippen molar-refractivity contribution in [1.82, 2.24) is 14.8 Å². The molecule has 8 heteroatoms. The number of benzene rings is 2. The van der Waals surface area contributed by atoms with E-state index in [1.807, 2.05) is 0 Å². The van der Waals surface area contributed by atoms with Gasteiger partial charge in [0.2, 0.25) is 0 Å². The first-order valence-electron chi connectivity index (χ1n) is 6.50. The number of H-pyrrole nitrogens is 1. The number of hydrogen-bond donors (Lipinski definition) is 2. The molecule has 0 atom stereocenters. The summed E-state index contributed by atoms with van der Waals surface area (Å²) < 4.78 is 5.88. The summed E-state index contributed by atoms with van der Waals surface area (Å²) in [5, 5.41) is 12.6. The van der Waals surface area contributed by atoms with Gasteiger partial charge in [-0.15, -0.1) is 24.3 Å². The Balaban J connectivity index is 0.000000252. The number of nitrogens with one attached hydrogen (secondary N) is 1. The van der Waals surface area contributed by atoms with Gasteiger partial charge in [0, 0.05) is 5.75 Å². The van der Waals surface area contributed by atoms with Gasteiger partial charge in [-0.25, -0.2) is 9.48 Å². The number of nitrogens with zero attached hydrogens (tertiary/aromatic N) is 2. The maximum atomic E-state index is 11.3. The number of aromatic nitrogens is 3. The summed E-state index contributed by atoms with van der Waals surface area (Å²) in [7, 11) is 1.51. The van der Waals surface area contributed by atoms with Crippen molar-refractivity contribution in [2.75, 3.05) is 7.11 Å². The standard InChI is InChI=1S/C9H6N3O2.C7H7O2.W/c13-8-6-10-12(9(14)11-8)7-4-2-1-3-5-7;1-9-7-5-3-2-4-6(7)8;/h2-6H,(H,11,13,14);3-5,8H,1H3;/q2*-1;+2. The molecule has 0 spiro atoms. The first kappa shape index (κ1) is 19.4. The number of rotatable bonds is 2. The van der Waals surface area contributed by atoms with Gasteiger partial charge in [0.25, 0.3) is 5.56 Å². The van der Waals surface area contributed by atoms with E-state index in [4.69, 9.17) is 9.84 Å². The van der Waals surface area contributed by atoms with Gasteiger partial charge in [0.15, 0.2) is 0 Å². The molecule has 1 aromatic heterocycles. The van der Waals surface area contributed by atoms with E-state index in [0.29, 0.717) is 11.4 Å². The Labute approximate surface area is 151 Å². The van der Waals surface area contributed by atoms with Gasteiger partial charge in [-0.2, -0.15) is 35.4 Å². The van der Waals surface area contributed by atoms with Gasteiger partial charge in [-0.1, -0.05) is 0 Å². The normalized spacial score (nSPS) is 9.21. The summed E-state index contributed by atoms with van der Waals surface area (Å²) in [6, 6.07) is 17.0. The van der Waals surface area contributed by atoms with E-state index in [1.54, 1.807) is 36.4 Å². The second kappa shape index (κ2) is 9.47. The van der Waals surface area contributed by atoms with Crippen molar-refractivity contribution in [3.8, 4) is 17.2 Å². The Kier molecular flexibility index (Phi) is 7.65. The zero-order valence-corrected chi connectivity index (χ0v) is 15.5. The molecule has 1 heterocycles. The number of methoxy groups -OCH3 is 1. The van der Waals surface area contributed by atoms with Crippen LogP contribution in [0.1, 0.15) is 0 Å². The fraction of sp³-hybridized carbons (Fsp3) is 0.0625. The van der Waals surface area contributed by atoms with Gasteiger partial charge >= 0.3 is 26.8 Å². The third-order valence-electron chi connectivity index (χ3n) is 2.68. The molecule has 3 aromatic rings. The molecule has 0 unspecified atom stereocenters. The van der Waals surface area contributed by atoms with Crippen molar-refractivity contribution in [1.29, 1.82) is 0 Å². The summed E-state index contributed by atoms with van der Waals surface area (Å²) in [4.78, 5) is 24.1. The van der Waals surface area contributed by atoms with Crippen molar-refractivity contribution in [2.24, 2.45) is 0 Å². The Morgan fingerprint density at radius 1 is 1.17 bits per heavy atom. The van der Waals surface area contributed by atoms with Crippen LogP contribution in [0.3, 0.4) is 0 Å². The van der Waals surface area contributed by atoms with Crippen LogP contribution < -0.4 is 16.0 Å². The van der Waals surface area contributed by atoms with E-state index in [-0.39, 0.29) is 26.8 Å². The Bertz CT molecular complexity index is 878. The molecule has 2 aromatic carbocycles. The molecule has 0 saturated heterocycles. The molecule has 0 aliphatic heterocycles. The minimum atomic E-state index is -0.552. The number of hydrogen-bond acceptors (Lipinski definition) is 5. The number of aromatic hydroxyl groups is 1. The molecule has 2 N–H and O–H groups in total. The van der Waals surface area contributed by atoms with Gasteiger partial charge in [-0.05, 0) is 5.69 Å². The molecule has 24 heavy (non-hydrogen) atoms. The fourth-order valence-corrected chi connectivity index (χ4v) is 1.64. The van der Waals surface area contributed by atoms with E-state index in [2.05, 4.69) is 22.2 Å². The summed E-state index contributed by atoms with van der Waals surface area (Å²) in [6.45, 7) is 0. The molecule has 0 bridgehead atoms. The molecule has 0 radical (unpaired) electrons. The third-order valence-corrected chi connectivity index (χ3v) is 2.68. The van der Waals surface area contributed by atoms with Crippen LogP contribution in [0.5, 0.6) is 11.5 Å². The number of ether oxygens (including phenoxy) is 1. The van der Waals surface area contributed by atoms with Gasteiger partial charge < -0.3 is 9.84 Å². The molecule has 0 fully saturated rings. The van der Waals surface area contributed by atoms with E-state index in [9.17, 15) is 9.59 Å². The average Bonchev–Trinajstić information content (AvgIpc) is 2.57. The quantitative estimate of drug-likeness (QED) is 0.516. The number of phenolic OH excluding ortho intramolecular Hbond substituents is 1. The summed E-state index contributed by atoms with van der Waals surface area (Å²) in [5.41, 5.74) is -0.470. The fourth-order valence-electron chi connectivity index (χ4n) is 1.64. The first-order valence-corrected chi connectivity index (χ1v) is 6.50. The largest absolute Gasteiger partial charge is 2.00 e. The molecule has 0 aliphatic carbocycles. The Hall–Kier alpha value is -2.66. The molecular weight excluding hydrogens is 482 g/mol. The van der Waals surface area contributed by atoms with Crippen LogP contribution in [0.4, 0.5) is 0 Å². The predicted octanol–water partition coefficient (Wildman–Crippen LogP) is 0.919. The smallest absolute Gasteiger partial charge is 0.562 e. The molecule has 3 rings (SSSR count). The van der Waals surface area contributed by atoms with Crippen molar-refractivity contribution in [3.63, 3.8) is 0 Å². The molecule has 122 valence electrons. The van der Waals surface area contributed by atoms with E-state index in [1.165, 1.54) is 13.2 Å². The van der Waals surface area contributed by atoms with Crippen molar-refractivity contribution in [2.45, 2.75) is 0 Å². The topological polar surface area (TPSA) is 97.2 Å². The van der Waals surface area contributed by atoms with Gasteiger partial charge in [0.05, 0.1) is 12.9 Å². The summed E-state index contributed by atoms with van der Waals surface area (Å²) in [6.07, 6.45) is 1.05. The van der Waals surface area contributed by atoms with Crippen LogP contribution in [-0.2, 0) is 21.1 Å². The molecule has 0 amide bonds. The van der Waals surface area contributed by atoms with Gasteiger partial charge in [-0.3, -0.25) is 9.78 Å². The number of phenols is 1. The second-order valence-electron chi connectivity index (χ2n) is 4.21. The van der Waals surface area contributed by atoms with E-state index < -0.39 is 11.2 Å². The first-order chi connectivity index (χ1) is 11.1. The molecular formula is C16H13N3O4W. The summed E-state index contributed by atoms with van der Waals surface area (Å²) >= 11 is 0. The minimum Gasteiger partial charge on any atom is -0.562 e. The Morgan fingerprint density at radius 3 is 2.38 bits per heavy atom. The Morgan fingerprint density at radius 2 is 1.83 bits per heavy atom. The van der Waals surface area contributed by atoms with Gasteiger partial charge in [0.1, 0.15) is 6.20 Å². The zero-order valence-electron chi connectivity index (χ0n) is 12.6. The molecule has 7 nitrogen and oxygen atoms in total. The van der Waals surface area contributed by atoms with Crippen LogP contribution in [0.2, 0.25) is 0 Å². The van der Waals surface area contributed by atoms with Crippen molar-refractivity contribution >= 4 is 0 Å². The van der Waals surface area contributed by atoms with Crippen LogP contribution in [0, 0.1) is 12.1 Å². The molecule has 0 saturated carbocycles. The van der Waals surface area contributed by atoms with Crippen LogP contribution >= 0.6 is 0 Å². The summed E-state index contributed by atoms with van der Waals surface area (Å²) in [5.74, 6) is 0.605. The SMILES string of the molecule is COc1cc[c-]cc1O.O=c1cnn(-c2cc[c-]cc2)c(=O)[nH]1.[W+2]. The van der Waals surface area contributed by atoms with E-state index in [0.717, 1.165) is 10.9 Å². The second-order valence-corrected chi connectivity index (χ2v) is 4.21. The minimum absolute atomic E-state index is 0. The molecule has 0 aliphatic rings. The average molecular weight is 495 g/mol. The van der Waals surface area contributed by atoms with Crippen molar-refractivity contribution in [3.05, 3.63) is 81.6 Å². The van der Waals surface area contributed by atoms with Crippen LogP contribution in [0.25, 0.3) is 5.69 Å². The predicted molar refractivity (Wildman–Crippen MR) is 82.8 cm³/mol. The monoisotopic (exact) mass is 495 g/mol. The zero-order chi connectivity index (χ0) is 16.7. The van der Waals surface area contributed by atoms with Crippen LogP contribution in [-0.4, -0.2) is 27.0 Å². The number of aromatic amines is 1. The third kappa shape index (κ3) is 5.21. The van der Waals surface area contributed by atoms with Crippen LogP contribution in [0.15, 0.2) is 58.3 Å².